The van der Waals surface area contributed by atoms with E-state index in [0.717, 1.165) is 38.5 Å². The van der Waals surface area contributed by atoms with Crippen LogP contribution in [-0.2, 0) is 0 Å². The van der Waals surface area contributed by atoms with E-state index < -0.39 is 0 Å². The highest BCUT2D eigenvalue weighted by Crippen LogP contribution is 2.22. The lowest BCUT2D eigenvalue weighted by Crippen LogP contribution is -2.28. The predicted molar refractivity (Wildman–Crippen MR) is 144 cm³/mol. The molecule has 1 aliphatic carbocycles. The molecule has 0 heterocycles. The van der Waals surface area contributed by atoms with E-state index in [9.17, 15) is 0 Å². The van der Waals surface area contributed by atoms with Crippen LogP contribution in [0, 0.1) is 6.92 Å². The van der Waals surface area contributed by atoms with E-state index in [1.807, 2.05) is 0 Å². The summed E-state index contributed by atoms with van der Waals surface area (Å²) in [5.74, 6) is 0. The fourth-order valence-corrected chi connectivity index (χ4v) is 4.25. The Morgan fingerprint density at radius 2 is 1.69 bits per heavy atom. The van der Waals surface area contributed by atoms with Gasteiger partial charge in [-0.25, -0.2) is 0 Å². The van der Waals surface area contributed by atoms with Gasteiger partial charge in [0.1, 0.15) is 0 Å². The van der Waals surface area contributed by atoms with Gasteiger partial charge in [0.05, 0.1) is 0 Å². The van der Waals surface area contributed by atoms with Gasteiger partial charge in [0.15, 0.2) is 0 Å². The Kier molecular flexibility index (Phi) is 11.9. The number of benzene rings is 1. The summed E-state index contributed by atoms with van der Waals surface area (Å²) in [5.41, 5.74) is 7.87. The molecule has 0 radical (unpaired) electrons. The van der Waals surface area contributed by atoms with Crippen molar-refractivity contribution >= 4 is 5.57 Å². The van der Waals surface area contributed by atoms with E-state index >= 15 is 0 Å². The van der Waals surface area contributed by atoms with Crippen molar-refractivity contribution in [2.24, 2.45) is 0 Å². The highest BCUT2D eigenvalue weighted by atomic mass is 14.9. The maximum absolute atomic E-state index is 4.37. The van der Waals surface area contributed by atoms with Crippen molar-refractivity contribution in [2.75, 3.05) is 0 Å². The average molecular weight is 432 g/mol. The zero-order valence-corrected chi connectivity index (χ0v) is 20.9. The number of aryl methyl sites for hydroxylation is 1. The Morgan fingerprint density at radius 1 is 0.938 bits per heavy atom. The van der Waals surface area contributed by atoms with E-state index in [2.05, 4.69) is 87.8 Å². The third kappa shape index (κ3) is 10.4. The molecule has 1 unspecified atom stereocenters. The highest BCUT2D eigenvalue weighted by Gasteiger charge is 2.12. The first-order valence-corrected chi connectivity index (χ1v) is 12.7. The normalized spacial score (nSPS) is 14.3. The molecule has 0 saturated heterocycles. The number of allylic oxidation sites excluding steroid dienone is 7. The molecule has 0 saturated carbocycles. The SMILES string of the molecule is C=C(CCCCC(=C)c1ccc(C)cc1)NC(CCCCCC)CC1=CC=C(C)C=CC1. The highest BCUT2D eigenvalue weighted by molar-refractivity contribution is 5.63. The van der Waals surface area contributed by atoms with Crippen LogP contribution in [0.1, 0.15) is 95.6 Å². The molecule has 0 amide bonds. The topological polar surface area (TPSA) is 12.0 Å². The lowest BCUT2D eigenvalue weighted by Gasteiger charge is -2.23. The fraction of sp³-hybridized carbons (Fsp3) is 0.484. The van der Waals surface area contributed by atoms with E-state index in [1.165, 1.54) is 65.6 Å². The Balaban J connectivity index is 1.78. The van der Waals surface area contributed by atoms with Gasteiger partial charge >= 0.3 is 0 Å². The fourth-order valence-electron chi connectivity index (χ4n) is 4.25. The van der Waals surface area contributed by atoms with Crippen LogP contribution in [-0.4, -0.2) is 6.04 Å². The minimum Gasteiger partial charge on any atom is -0.386 e. The number of nitrogens with one attached hydrogen (secondary N) is 1. The minimum absolute atomic E-state index is 0.494. The van der Waals surface area contributed by atoms with Crippen LogP contribution < -0.4 is 5.32 Å². The average Bonchev–Trinajstić information content (AvgIpc) is 2.98. The van der Waals surface area contributed by atoms with Crippen molar-refractivity contribution in [3.63, 3.8) is 0 Å². The maximum Gasteiger partial charge on any atom is 0.0295 e. The van der Waals surface area contributed by atoms with Gasteiger partial charge in [0, 0.05) is 11.7 Å². The zero-order chi connectivity index (χ0) is 23.2. The molecule has 1 atom stereocenters. The molecule has 0 fully saturated rings. The second-order valence-electron chi connectivity index (χ2n) is 9.52. The summed E-state index contributed by atoms with van der Waals surface area (Å²) in [6.45, 7) is 15.2. The summed E-state index contributed by atoms with van der Waals surface area (Å²) >= 11 is 0. The van der Waals surface area contributed by atoms with Crippen LogP contribution in [0.25, 0.3) is 5.57 Å². The number of rotatable bonds is 15. The first-order chi connectivity index (χ1) is 15.5. The molecule has 32 heavy (non-hydrogen) atoms. The molecule has 1 heteroatoms. The summed E-state index contributed by atoms with van der Waals surface area (Å²) in [7, 11) is 0. The lowest BCUT2D eigenvalue weighted by atomic mass is 9.97. The third-order valence-corrected chi connectivity index (χ3v) is 6.33. The van der Waals surface area contributed by atoms with Crippen molar-refractivity contribution in [3.8, 4) is 0 Å². The molecular weight excluding hydrogens is 386 g/mol. The summed E-state index contributed by atoms with van der Waals surface area (Å²) in [5, 5.41) is 3.80. The van der Waals surface area contributed by atoms with Gasteiger partial charge in [0.25, 0.3) is 0 Å². The first kappa shape index (κ1) is 26.0. The molecule has 0 spiro atoms. The Morgan fingerprint density at radius 3 is 2.44 bits per heavy atom. The van der Waals surface area contributed by atoms with Crippen LogP contribution in [0.5, 0.6) is 0 Å². The molecule has 0 bridgehead atoms. The number of hydrogen-bond donors (Lipinski definition) is 1. The van der Waals surface area contributed by atoms with Crippen molar-refractivity contribution in [1.29, 1.82) is 0 Å². The van der Waals surface area contributed by atoms with E-state index in [1.54, 1.807) is 0 Å². The van der Waals surface area contributed by atoms with Gasteiger partial charge in [-0.1, -0.05) is 111 Å². The monoisotopic (exact) mass is 431 g/mol. The summed E-state index contributed by atoms with van der Waals surface area (Å²) < 4.78 is 0. The third-order valence-electron chi connectivity index (χ3n) is 6.33. The van der Waals surface area contributed by atoms with Crippen LogP contribution in [0.15, 0.2) is 78.6 Å². The molecule has 2 rings (SSSR count). The molecule has 1 aromatic rings. The molecule has 0 aromatic heterocycles. The summed E-state index contributed by atoms with van der Waals surface area (Å²) in [6, 6.07) is 9.21. The molecule has 1 nitrogen and oxygen atoms in total. The Hall–Kier alpha value is -2.28. The van der Waals surface area contributed by atoms with Gasteiger partial charge in [0.2, 0.25) is 0 Å². The van der Waals surface area contributed by atoms with Crippen LogP contribution in [0.3, 0.4) is 0 Å². The van der Waals surface area contributed by atoms with Crippen molar-refractivity contribution in [2.45, 2.75) is 97.4 Å². The second-order valence-corrected chi connectivity index (χ2v) is 9.52. The van der Waals surface area contributed by atoms with E-state index in [-0.39, 0.29) is 0 Å². The molecule has 0 aliphatic heterocycles. The smallest absolute Gasteiger partial charge is 0.0295 e. The van der Waals surface area contributed by atoms with Crippen LogP contribution >= 0.6 is 0 Å². The van der Waals surface area contributed by atoms with Gasteiger partial charge in [-0.3, -0.25) is 0 Å². The van der Waals surface area contributed by atoms with Crippen molar-refractivity contribution in [3.05, 3.63) is 89.7 Å². The van der Waals surface area contributed by atoms with Crippen molar-refractivity contribution in [1.82, 2.24) is 5.32 Å². The van der Waals surface area contributed by atoms with Crippen LogP contribution in [0.2, 0.25) is 0 Å². The van der Waals surface area contributed by atoms with Gasteiger partial charge in [-0.05, 0) is 69.9 Å². The van der Waals surface area contributed by atoms with Crippen LogP contribution in [0.4, 0.5) is 0 Å². The van der Waals surface area contributed by atoms with E-state index in [4.69, 9.17) is 0 Å². The first-order valence-electron chi connectivity index (χ1n) is 12.7. The zero-order valence-electron chi connectivity index (χ0n) is 20.9. The van der Waals surface area contributed by atoms with Gasteiger partial charge in [-0.2, -0.15) is 0 Å². The van der Waals surface area contributed by atoms with E-state index in [0.29, 0.717) is 6.04 Å². The largest absolute Gasteiger partial charge is 0.386 e. The maximum atomic E-state index is 4.37. The number of hydrogen-bond acceptors (Lipinski definition) is 1. The standard InChI is InChI=1S/C31H45N/c1-6-7-8-9-17-31(24-29-16-12-13-25(2)18-21-29)32-28(5)15-11-10-14-27(4)30-22-19-26(3)20-23-30/h12-13,18-23,31-32H,4-11,14-17,24H2,1-3H3. The summed E-state index contributed by atoms with van der Waals surface area (Å²) in [4.78, 5) is 0. The predicted octanol–water partition coefficient (Wildman–Crippen LogP) is 9.23. The van der Waals surface area contributed by atoms with Gasteiger partial charge in [-0.15, -0.1) is 0 Å². The number of unbranched alkanes of at least 4 members (excludes halogenated alkanes) is 4. The molecule has 1 aromatic carbocycles. The lowest BCUT2D eigenvalue weighted by molar-refractivity contribution is 0.475. The quantitative estimate of drug-likeness (QED) is 0.273. The molecule has 1 N–H and O–H groups in total. The van der Waals surface area contributed by atoms with Crippen molar-refractivity contribution < 1.29 is 0 Å². The Bertz CT molecular complexity index is 803. The Labute approximate surface area is 198 Å². The molecule has 174 valence electrons. The molecular formula is C31H45N. The summed E-state index contributed by atoms with van der Waals surface area (Å²) in [6.07, 6.45) is 22.2. The molecule has 1 aliphatic rings. The minimum atomic E-state index is 0.494. The van der Waals surface area contributed by atoms with Gasteiger partial charge < -0.3 is 5.32 Å². The second kappa shape index (κ2) is 14.7.